The summed E-state index contributed by atoms with van der Waals surface area (Å²) in [5.74, 6) is 1.49. The Morgan fingerprint density at radius 1 is 0.909 bits per heavy atom. The van der Waals surface area contributed by atoms with Crippen molar-refractivity contribution in [1.82, 2.24) is 14.8 Å². The molecule has 4 rings (SSSR count). The van der Waals surface area contributed by atoms with Crippen molar-refractivity contribution in [3.05, 3.63) is 66.0 Å². The smallest absolute Gasteiger partial charge is 0.349 e. The second kappa shape index (κ2) is 15.0. The van der Waals surface area contributed by atoms with Crippen LogP contribution in [0.1, 0.15) is 63.4 Å². The van der Waals surface area contributed by atoms with Gasteiger partial charge in [-0.15, -0.1) is 0 Å². The molecule has 3 aromatic rings. The maximum atomic E-state index is 14.4. The molecule has 10 nitrogen and oxygen atoms in total. The molecule has 10 heteroatoms. The Balaban J connectivity index is 1.73. The SMILES string of the molecule is CCOC(=O)C(C)(C)Oc1cc(OC)cc(C(=O)N(Cc2cc(OCC)c(-n3cccc3)c(OCC)c2)C2CCNCC2)c1. The Labute approximate surface area is 260 Å². The molecule has 2 heterocycles. The minimum atomic E-state index is -1.26. The molecule has 1 N–H and O–H groups in total. The van der Waals surface area contributed by atoms with Gasteiger partial charge >= 0.3 is 5.97 Å². The summed E-state index contributed by atoms with van der Waals surface area (Å²) in [5.41, 5.74) is 0.851. The molecule has 1 aliphatic rings. The second-order valence-electron chi connectivity index (χ2n) is 11.0. The zero-order valence-corrected chi connectivity index (χ0v) is 26.7. The zero-order valence-electron chi connectivity index (χ0n) is 26.7. The lowest BCUT2D eigenvalue weighted by Crippen LogP contribution is -2.45. The Hall–Kier alpha value is -4.18. The molecule has 1 saturated heterocycles. The van der Waals surface area contributed by atoms with Gasteiger partial charge in [0.2, 0.25) is 0 Å². The van der Waals surface area contributed by atoms with Crippen LogP contribution in [0.4, 0.5) is 0 Å². The fourth-order valence-electron chi connectivity index (χ4n) is 5.36. The lowest BCUT2D eigenvalue weighted by molar-refractivity contribution is -0.158. The Morgan fingerprint density at radius 3 is 2.09 bits per heavy atom. The van der Waals surface area contributed by atoms with Crippen molar-refractivity contribution in [2.75, 3.05) is 40.0 Å². The Kier molecular flexibility index (Phi) is 11.2. The van der Waals surface area contributed by atoms with Crippen molar-refractivity contribution >= 4 is 11.9 Å². The number of esters is 1. The maximum absolute atomic E-state index is 14.4. The van der Waals surface area contributed by atoms with Crippen molar-refractivity contribution in [2.45, 2.75) is 65.6 Å². The van der Waals surface area contributed by atoms with Gasteiger partial charge in [-0.1, -0.05) is 0 Å². The van der Waals surface area contributed by atoms with Gasteiger partial charge in [0.05, 0.1) is 26.9 Å². The predicted octanol–water partition coefficient (Wildman–Crippen LogP) is 5.40. The molecule has 0 unspecified atom stereocenters. The van der Waals surface area contributed by atoms with E-state index in [0.29, 0.717) is 48.3 Å². The number of piperidine rings is 1. The van der Waals surface area contributed by atoms with Gasteiger partial charge in [0, 0.05) is 36.6 Å². The van der Waals surface area contributed by atoms with Gasteiger partial charge < -0.3 is 38.5 Å². The summed E-state index contributed by atoms with van der Waals surface area (Å²) in [5, 5.41) is 3.40. The minimum Gasteiger partial charge on any atom is -0.497 e. The molecular formula is C34H45N3O7. The molecule has 1 aliphatic heterocycles. The van der Waals surface area contributed by atoms with Crippen molar-refractivity contribution in [1.29, 1.82) is 0 Å². The average Bonchev–Trinajstić information content (AvgIpc) is 3.54. The van der Waals surface area contributed by atoms with Crippen molar-refractivity contribution in [3.63, 3.8) is 0 Å². The van der Waals surface area contributed by atoms with Gasteiger partial charge in [-0.3, -0.25) is 4.79 Å². The van der Waals surface area contributed by atoms with Crippen LogP contribution in [0, 0.1) is 0 Å². The summed E-state index contributed by atoms with van der Waals surface area (Å²) in [6, 6.07) is 12.9. The molecular weight excluding hydrogens is 562 g/mol. The van der Waals surface area contributed by atoms with E-state index in [1.807, 2.05) is 60.0 Å². The Morgan fingerprint density at radius 2 is 1.52 bits per heavy atom. The van der Waals surface area contributed by atoms with Crippen LogP contribution in [0.15, 0.2) is 54.9 Å². The largest absolute Gasteiger partial charge is 0.497 e. The monoisotopic (exact) mass is 607 g/mol. The molecule has 1 fully saturated rings. The summed E-state index contributed by atoms with van der Waals surface area (Å²) < 4.78 is 31.0. The van der Waals surface area contributed by atoms with E-state index >= 15 is 0 Å². The minimum absolute atomic E-state index is 0.00510. The topological polar surface area (TPSA) is 100 Å². The lowest BCUT2D eigenvalue weighted by atomic mass is 10.0. The van der Waals surface area contributed by atoms with Crippen LogP contribution in [-0.2, 0) is 16.1 Å². The van der Waals surface area contributed by atoms with Gasteiger partial charge in [-0.2, -0.15) is 0 Å². The summed E-state index contributed by atoms with van der Waals surface area (Å²) in [6.07, 6.45) is 5.53. The molecule has 44 heavy (non-hydrogen) atoms. The fourth-order valence-corrected chi connectivity index (χ4v) is 5.36. The highest BCUT2D eigenvalue weighted by Gasteiger charge is 2.33. The summed E-state index contributed by atoms with van der Waals surface area (Å²) in [7, 11) is 1.53. The van der Waals surface area contributed by atoms with E-state index in [-0.39, 0.29) is 18.6 Å². The number of hydrogen-bond acceptors (Lipinski definition) is 8. The zero-order chi connectivity index (χ0) is 31.7. The number of nitrogens with zero attached hydrogens (tertiary/aromatic N) is 2. The molecule has 2 aromatic carbocycles. The highest BCUT2D eigenvalue weighted by Crippen LogP contribution is 2.36. The van der Waals surface area contributed by atoms with Crippen LogP contribution in [0.25, 0.3) is 5.69 Å². The number of hydrogen-bond donors (Lipinski definition) is 1. The van der Waals surface area contributed by atoms with Crippen LogP contribution in [0.3, 0.4) is 0 Å². The molecule has 0 spiro atoms. The number of ether oxygens (including phenoxy) is 5. The number of rotatable bonds is 14. The van der Waals surface area contributed by atoms with E-state index in [4.69, 9.17) is 23.7 Å². The number of carbonyl (C=O) groups is 2. The third kappa shape index (κ3) is 7.85. The first-order chi connectivity index (χ1) is 21.2. The third-order valence-corrected chi connectivity index (χ3v) is 7.43. The van der Waals surface area contributed by atoms with Gasteiger partial charge in [0.25, 0.3) is 5.91 Å². The van der Waals surface area contributed by atoms with E-state index in [0.717, 1.165) is 37.2 Å². The molecule has 238 valence electrons. The van der Waals surface area contributed by atoms with Crippen LogP contribution in [-0.4, -0.2) is 73.0 Å². The molecule has 0 radical (unpaired) electrons. The van der Waals surface area contributed by atoms with E-state index in [2.05, 4.69) is 5.32 Å². The summed E-state index contributed by atoms with van der Waals surface area (Å²) in [4.78, 5) is 28.8. The first-order valence-corrected chi connectivity index (χ1v) is 15.3. The van der Waals surface area contributed by atoms with Gasteiger partial charge in [-0.25, -0.2) is 4.79 Å². The normalized spacial score (nSPS) is 13.7. The van der Waals surface area contributed by atoms with Crippen LogP contribution < -0.4 is 24.3 Å². The molecule has 0 saturated carbocycles. The van der Waals surface area contributed by atoms with Crippen LogP contribution >= 0.6 is 0 Å². The first kappa shape index (κ1) is 32.7. The standard InChI is InChI=1S/C34H45N3O7/c1-7-41-29-18-24(19-30(42-8-2)31(29)36-16-10-11-17-36)23-37(26-12-14-35-15-13-26)32(38)25-20-27(40-6)22-28(21-25)44-34(4,5)33(39)43-9-3/h10-11,16-22,26,35H,7-9,12-15,23H2,1-6H3. The molecule has 1 aromatic heterocycles. The van der Waals surface area contributed by atoms with Crippen LogP contribution in [0.2, 0.25) is 0 Å². The van der Waals surface area contributed by atoms with E-state index < -0.39 is 11.6 Å². The predicted molar refractivity (Wildman–Crippen MR) is 168 cm³/mol. The van der Waals surface area contributed by atoms with Gasteiger partial charge in [-0.05, 0) is 103 Å². The third-order valence-electron chi connectivity index (χ3n) is 7.43. The highest BCUT2D eigenvalue weighted by molar-refractivity contribution is 5.95. The number of amides is 1. The van der Waals surface area contributed by atoms with Gasteiger partial charge in [0.1, 0.15) is 28.7 Å². The number of methoxy groups -OCH3 is 1. The molecule has 0 aliphatic carbocycles. The fraction of sp³-hybridized carbons (Fsp3) is 0.471. The van der Waals surface area contributed by atoms with Crippen molar-refractivity contribution in [2.24, 2.45) is 0 Å². The second-order valence-corrected chi connectivity index (χ2v) is 11.0. The van der Waals surface area contributed by atoms with E-state index in [9.17, 15) is 9.59 Å². The van der Waals surface area contributed by atoms with Gasteiger partial charge in [0.15, 0.2) is 5.60 Å². The quantitative estimate of drug-likeness (QED) is 0.243. The van der Waals surface area contributed by atoms with E-state index in [1.54, 1.807) is 39.0 Å². The maximum Gasteiger partial charge on any atom is 0.349 e. The number of carbonyl (C=O) groups excluding carboxylic acids is 2. The van der Waals surface area contributed by atoms with E-state index in [1.165, 1.54) is 7.11 Å². The highest BCUT2D eigenvalue weighted by atomic mass is 16.6. The first-order valence-electron chi connectivity index (χ1n) is 15.3. The lowest BCUT2D eigenvalue weighted by Gasteiger charge is -2.35. The van der Waals surface area contributed by atoms with Crippen molar-refractivity contribution in [3.8, 4) is 28.7 Å². The van der Waals surface area contributed by atoms with Crippen LogP contribution in [0.5, 0.6) is 23.0 Å². The summed E-state index contributed by atoms with van der Waals surface area (Å²) in [6.45, 7) is 12.1. The van der Waals surface area contributed by atoms with Crippen molar-refractivity contribution < 1.29 is 33.3 Å². The number of benzene rings is 2. The molecule has 1 amide bonds. The Bertz CT molecular complexity index is 1370. The average molecular weight is 608 g/mol. The number of nitrogens with one attached hydrogen (secondary N) is 1. The number of aromatic nitrogens is 1. The molecule has 0 atom stereocenters. The molecule has 0 bridgehead atoms. The summed E-state index contributed by atoms with van der Waals surface area (Å²) >= 11 is 0.